The smallest absolute Gasteiger partial charge is 0.306 e. The molecular formula is C13H16N2O3. The number of carbonyl (C=O) groups is 2. The Morgan fingerprint density at radius 2 is 1.89 bits per heavy atom. The van der Waals surface area contributed by atoms with Crippen LogP contribution in [0.25, 0.3) is 0 Å². The van der Waals surface area contributed by atoms with Crippen LogP contribution < -0.4 is 11.1 Å². The van der Waals surface area contributed by atoms with Crippen LogP contribution in [0, 0.1) is 11.8 Å². The molecule has 0 aromatic heterocycles. The van der Waals surface area contributed by atoms with E-state index in [-0.39, 0.29) is 11.8 Å². The highest BCUT2D eigenvalue weighted by molar-refractivity contribution is 5.95. The van der Waals surface area contributed by atoms with E-state index in [9.17, 15) is 9.59 Å². The normalized spacial score (nSPS) is 22.7. The van der Waals surface area contributed by atoms with Crippen molar-refractivity contribution in [2.24, 2.45) is 11.8 Å². The van der Waals surface area contributed by atoms with E-state index in [0.29, 0.717) is 30.6 Å². The SMILES string of the molecule is Nc1ccccc1NC(=O)C1CCC(C(=O)O)C1. The van der Waals surface area contributed by atoms with Crippen LogP contribution >= 0.6 is 0 Å². The largest absolute Gasteiger partial charge is 0.481 e. The van der Waals surface area contributed by atoms with Crippen LogP contribution in [0.5, 0.6) is 0 Å². The Labute approximate surface area is 105 Å². The second kappa shape index (κ2) is 5.08. The molecule has 0 heterocycles. The Morgan fingerprint density at radius 3 is 2.50 bits per heavy atom. The first-order valence-corrected chi connectivity index (χ1v) is 5.96. The molecule has 2 atom stereocenters. The molecule has 0 saturated heterocycles. The topological polar surface area (TPSA) is 92.4 Å². The number of amides is 1. The van der Waals surface area contributed by atoms with E-state index >= 15 is 0 Å². The molecule has 0 aliphatic heterocycles. The quantitative estimate of drug-likeness (QED) is 0.710. The molecule has 4 N–H and O–H groups in total. The maximum absolute atomic E-state index is 12.0. The molecule has 96 valence electrons. The van der Waals surface area contributed by atoms with Gasteiger partial charge < -0.3 is 16.2 Å². The molecule has 1 aromatic carbocycles. The Balaban J connectivity index is 1.98. The van der Waals surface area contributed by atoms with Crippen molar-refractivity contribution in [1.82, 2.24) is 0 Å². The highest BCUT2D eigenvalue weighted by Gasteiger charge is 2.33. The van der Waals surface area contributed by atoms with Gasteiger partial charge >= 0.3 is 5.97 Å². The molecule has 0 bridgehead atoms. The Morgan fingerprint density at radius 1 is 1.22 bits per heavy atom. The van der Waals surface area contributed by atoms with E-state index in [1.807, 2.05) is 0 Å². The van der Waals surface area contributed by atoms with Gasteiger partial charge in [0.05, 0.1) is 17.3 Å². The first kappa shape index (κ1) is 12.4. The van der Waals surface area contributed by atoms with Crippen LogP contribution in [0.2, 0.25) is 0 Å². The molecule has 0 spiro atoms. The summed E-state index contributed by atoms with van der Waals surface area (Å²) in [7, 11) is 0. The number of carboxylic acids is 1. The standard InChI is InChI=1S/C13H16N2O3/c14-10-3-1-2-4-11(10)15-12(16)8-5-6-9(7-8)13(17)18/h1-4,8-9H,5-7,14H2,(H,15,16)(H,17,18). The van der Waals surface area contributed by atoms with Crippen molar-refractivity contribution >= 4 is 23.3 Å². The van der Waals surface area contributed by atoms with Crippen molar-refractivity contribution in [2.45, 2.75) is 19.3 Å². The molecule has 1 amide bonds. The minimum absolute atomic E-state index is 0.142. The maximum Gasteiger partial charge on any atom is 0.306 e. The fourth-order valence-corrected chi connectivity index (χ4v) is 2.29. The number of anilines is 2. The highest BCUT2D eigenvalue weighted by atomic mass is 16.4. The molecule has 5 heteroatoms. The molecule has 1 aliphatic rings. The summed E-state index contributed by atoms with van der Waals surface area (Å²) in [6, 6.07) is 7.03. The predicted octanol–water partition coefficient (Wildman–Crippen LogP) is 1.71. The predicted molar refractivity (Wildman–Crippen MR) is 68.0 cm³/mol. The number of carboxylic acid groups (broad SMARTS) is 1. The molecule has 2 rings (SSSR count). The third-order valence-corrected chi connectivity index (χ3v) is 3.37. The number of benzene rings is 1. The summed E-state index contributed by atoms with van der Waals surface area (Å²) in [5.74, 6) is -1.58. The lowest BCUT2D eigenvalue weighted by atomic mass is 10.0. The molecule has 18 heavy (non-hydrogen) atoms. The summed E-state index contributed by atoms with van der Waals surface area (Å²) < 4.78 is 0. The number of rotatable bonds is 3. The lowest BCUT2D eigenvalue weighted by Crippen LogP contribution is -2.22. The summed E-state index contributed by atoms with van der Waals surface area (Å²) in [4.78, 5) is 22.8. The van der Waals surface area contributed by atoms with Crippen LogP contribution in [0.4, 0.5) is 11.4 Å². The number of hydrogen-bond donors (Lipinski definition) is 3. The summed E-state index contributed by atoms with van der Waals surface area (Å²) in [6.45, 7) is 0. The third kappa shape index (κ3) is 2.61. The average Bonchev–Trinajstić information content (AvgIpc) is 2.81. The van der Waals surface area contributed by atoms with E-state index in [4.69, 9.17) is 10.8 Å². The van der Waals surface area contributed by atoms with E-state index < -0.39 is 11.9 Å². The van der Waals surface area contributed by atoms with Crippen LogP contribution in [0.15, 0.2) is 24.3 Å². The number of para-hydroxylation sites is 2. The number of hydrogen-bond acceptors (Lipinski definition) is 3. The highest BCUT2D eigenvalue weighted by Crippen LogP contribution is 2.32. The van der Waals surface area contributed by atoms with Crippen molar-refractivity contribution in [3.63, 3.8) is 0 Å². The molecule has 1 aromatic rings. The first-order chi connectivity index (χ1) is 8.58. The number of nitrogen functional groups attached to an aromatic ring is 1. The van der Waals surface area contributed by atoms with E-state index in [0.717, 1.165) is 0 Å². The zero-order valence-corrected chi connectivity index (χ0v) is 9.93. The number of aliphatic carboxylic acids is 1. The summed E-state index contributed by atoms with van der Waals surface area (Å²) in [5, 5.41) is 11.6. The van der Waals surface area contributed by atoms with Crippen molar-refractivity contribution in [2.75, 3.05) is 11.1 Å². The fourth-order valence-electron chi connectivity index (χ4n) is 2.29. The Kier molecular flexibility index (Phi) is 3.50. The zero-order valence-electron chi connectivity index (χ0n) is 9.93. The van der Waals surface area contributed by atoms with Gasteiger partial charge in [-0.15, -0.1) is 0 Å². The number of carbonyl (C=O) groups excluding carboxylic acids is 1. The minimum Gasteiger partial charge on any atom is -0.481 e. The fraction of sp³-hybridized carbons (Fsp3) is 0.385. The van der Waals surface area contributed by atoms with Gasteiger partial charge in [-0.3, -0.25) is 9.59 Å². The summed E-state index contributed by atoms with van der Waals surface area (Å²) >= 11 is 0. The Bertz CT molecular complexity index is 473. The molecule has 1 fully saturated rings. The minimum atomic E-state index is -0.815. The lowest BCUT2D eigenvalue weighted by Gasteiger charge is -2.12. The molecular weight excluding hydrogens is 232 g/mol. The van der Waals surface area contributed by atoms with Gasteiger partial charge in [-0.25, -0.2) is 0 Å². The van der Waals surface area contributed by atoms with Crippen LogP contribution in [0.3, 0.4) is 0 Å². The van der Waals surface area contributed by atoms with Crippen molar-refractivity contribution in [3.05, 3.63) is 24.3 Å². The van der Waals surface area contributed by atoms with Crippen LogP contribution in [-0.2, 0) is 9.59 Å². The van der Waals surface area contributed by atoms with Gasteiger partial charge in [-0.05, 0) is 31.4 Å². The molecule has 1 saturated carbocycles. The van der Waals surface area contributed by atoms with E-state index in [2.05, 4.69) is 5.32 Å². The molecule has 5 nitrogen and oxygen atoms in total. The van der Waals surface area contributed by atoms with Crippen LogP contribution in [0.1, 0.15) is 19.3 Å². The van der Waals surface area contributed by atoms with Crippen molar-refractivity contribution in [3.8, 4) is 0 Å². The molecule has 0 radical (unpaired) electrons. The summed E-state index contributed by atoms with van der Waals surface area (Å²) in [5.41, 5.74) is 6.83. The van der Waals surface area contributed by atoms with Gasteiger partial charge in [0.15, 0.2) is 0 Å². The molecule has 1 aliphatic carbocycles. The van der Waals surface area contributed by atoms with Gasteiger partial charge in [0.25, 0.3) is 0 Å². The summed E-state index contributed by atoms with van der Waals surface area (Å²) in [6.07, 6.45) is 1.60. The van der Waals surface area contributed by atoms with Gasteiger partial charge in [-0.2, -0.15) is 0 Å². The van der Waals surface area contributed by atoms with E-state index in [1.165, 1.54) is 0 Å². The zero-order chi connectivity index (χ0) is 13.1. The average molecular weight is 248 g/mol. The van der Waals surface area contributed by atoms with Gasteiger partial charge in [0.1, 0.15) is 0 Å². The van der Waals surface area contributed by atoms with Crippen LogP contribution in [-0.4, -0.2) is 17.0 Å². The maximum atomic E-state index is 12.0. The Hall–Kier alpha value is -2.04. The van der Waals surface area contributed by atoms with Crippen molar-refractivity contribution < 1.29 is 14.7 Å². The van der Waals surface area contributed by atoms with Gasteiger partial charge in [-0.1, -0.05) is 12.1 Å². The first-order valence-electron chi connectivity index (χ1n) is 5.96. The second-order valence-electron chi connectivity index (χ2n) is 4.62. The van der Waals surface area contributed by atoms with E-state index in [1.54, 1.807) is 24.3 Å². The van der Waals surface area contributed by atoms with Gasteiger partial charge in [0.2, 0.25) is 5.91 Å². The number of nitrogens with one attached hydrogen (secondary N) is 1. The van der Waals surface area contributed by atoms with Gasteiger partial charge in [0, 0.05) is 5.92 Å². The molecule has 2 unspecified atom stereocenters. The second-order valence-corrected chi connectivity index (χ2v) is 4.62. The van der Waals surface area contributed by atoms with Crippen molar-refractivity contribution in [1.29, 1.82) is 0 Å². The lowest BCUT2D eigenvalue weighted by molar-refractivity contribution is -0.141. The number of nitrogens with two attached hydrogens (primary N) is 1. The monoisotopic (exact) mass is 248 g/mol. The third-order valence-electron chi connectivity index (χ3n) is 3.37.